The van der Waals surface area contributed by atoms with E-state index in [1.807, 2.05) is 29.9 Å². The van der Waals surface area contributed by atoms with Gasteiger partial charge in [-0.25, -0.2) is 14.5 Å². The van der Waals surface area contributed by atoms with Gasteiger partial charge in [-0.15, -0.1) is 11.3 Å². The number of aryl methyl sites for hydroxylation is 1. The van der Waals surface area contributed by atoms with Crippen LogP contribution >= 0.6 is 11.3 Å². The maximum atomic E-state index is 11.3. The molecule has 1 aliphatic rings. The highest BCUT2D eigenvalue weighted by atomic mass is 32.1. The second-order valence-corrected chi connectivity index (χ2v) is 8.74. The quantitative estimate of drug-likeness (QED) is 0.655. The van der Waals surface area contributed by atoms with Crippen LogP contribution in [0.2, 0.25) is 0 Å². The van der Waals surface area contributed by atoms with Crippen LogP contribution in [0.15, 0.2) is 24.5 Å². The van der Waals surface area contributed by atoms with Gasteiger partial charge in [-0.3, -0.25) is 9.69 Å². The van der Waals surface area contributed by atoms with Gasteiger partial charge < -0.3 is 0 Å². The fourth-order valence-corrected chi connectivity index (χ4v) is 4.99. The van der Waals surface area contributed by atoms with Gasteiger partial charge in [0, 0.05) is 41.6 Å². The van der Waals surface area contributed by atoms with E-state index >= 15 is 0 Å². The van der Waals surface area contributed by atoms with Crippen LogP contribution in [0.25, 0.3) is 5.65 Å². The van der Waals surface area contributed by atoms with Crippen molar-refractivity contribution in [2.24, 2.45) is 5.92 Å². The predicted octanol–water partition coefficient (Wildman–Crippen LogP) is 3.08. The van der Waals surface area contributed by atoms with Gasteiger partial charge >= 0.3 is 0 Å². The van der Waals surface area contributed by atoms with Crippen LogP contribution in [-0.2, 0) is 24.2 Å². The minimum absolute atomic E-state index is 0.173. The van der Waals surface area contributed by atoms with Crippen molar-refractivity contribution in [2.75, 3.05) is 13.1 Å². The lowest BCUT2D eigenvalue weighted by Gasteiger charge is -2.32. The molecular weight excluding hydrogens is 358 g/mol. The number of hydrogen-bond acceptors (Lipinski definition) is 6. The Morgan fingerprint density at radius 1 is 1.41 bits per heavy atom. The number of thiazole rings is 1. The molecule has 0 bridgehead atoms. The van der Waals surface area contributed by atoms with E-state index in [9.17, 15) is 4.79 Å². The third-order valence-electron chi connectivity index (χ3n) is 5.04. The summed E-state index contributed by atoms with van der Waals surface area (Å²) in [5.41, 5.74) is 3.23. The molecule has 1 aliphatic heterocycles. The standard InChI is InChI=1S/C20H25N5OS/c1-14-8-17(25-19(23-14)5-6-22-25)10-16-4-3-7-24(12-16)13-18-11-21-20(27-18)9-15(2)26/h5-6,8,11,16H,3-4,7,9-10,12-13H2,1-2H3. The molecule has 3 aromatic heterocycles. The molecule has 0 radical (unpaired) electrons. The van der Waals surface area contributed by atoms with Gasteiger partial charge in [-0.1, -0.05) is 0 Å². The van der Waals surface area contributed by atoms with Gasteiger partial charge in [0.05, 0.1) is 12.6 Å². The van der Waals surface area contributed by atoms with Gasteiger partial charge in [0.15, 0.2) is 5.65 Å². The first-order valence-corrected chi connectivity index (χ1v) is 10.3. The molecule has 7 heteroatoms. The van der Waals surface area contributed by atoms with E-state index in [-0.39, 0.29) is 5.78 Å². The number of rotatable bonds is 6. The van der Waals surface area contributed by atoms with Crippen LogP contribution in [0.3, 0.4) is 0 Å². The van der Waals surface area contributed by atoms with Crippen LogP contribution in [0, 0.1) is 12.8 Å². The highest BCUT2D eigenvalue weighted by Crippen LogP contribution is 2.24. The van der Waals surface area contributed by atoms with Crippen LogP contribution in [-0.4, -0.2) is 43.4 Å². The molecule has 1 saturated heterocycles. The fourth-order valence-electron chi connectivity index (χ4n) is 3.96. The van der Waals surface area contributed by atoms with Crippen molar-refractivity contribution in [3.05, 3.63) is 45.8 Å². The fraction of sp³-hybridized carbons (Fsp3) is 0.500. The predicted molar refractivity (Wildman–Crippen MR) is 106 cm³/mol. The molecular formula is C20H25N5OS. The van der Waals surface area contributed by atoms with Gasteiger partial charge in [-0.2, -0.15) is 5.10 Å². The zero-order chi connectivity index (χ0) is 18.8. The van der Waals surface area contributed by atoms with Crippen LogP contribution in [0.1, 0.15) is 41.0 Å². The number of ketones is 1. The minimum Gasteiger partial charge on any atom is -0.300 e. The zero-order valence-corrected chi connectivity index (χ0v) is 16.7. The molecule has 3 aromatic rings. The summed E-state index contributed by atoms with van der Waals surface area (Å²) >= 11 is 1.67. The maximum absolute atomic E-state index is 11.3. The second-order valence-electron chi connectivity index (χ2n) is 7.54. The van der Waals surface area contributed by atoms with Crippen molar-refractivity contribution in [2.45, 2.75) is 46.1 Å². The van der Waals surface area contributed by atoms with Gasteiger partial charge in [0.1, 0.15) is 10.8 Å². The Hall–Kier alpha value is -2.12. The Balaban J connectivity index is 1.41. The van der Waals surface area contributed by atoms with Gasteiger partial charge in [-0.05, 0) is 51.6 Å². The normalized spacial score (nSPS) is 18.2. The molecule has 1 atom stereocenters. The Morgan fingerprint density at radius 3 is 3.15 bits per heavy atom. The number of nitrogens with zero attached hydrogens (tertiary/aromatic N) is 5. The lowest BCUT2D eigenvalue weighted by atomic mass is 9.93. The monoisotopic (exact) mass is 383 g/mol. The zero-order valence-electron chi connectivity index (χ0n) is 15.9. The number of likely N-dealkylation sites (tertiary alicyclic amines) is 1. The average molecular weight is 384 g/mol. The summed E-state index contributed by atoms with van der Waals surface area (Å²) in [6.07, 6.45) is 7.70. The van der Waals surface area contributed by atoms with Crippen LogP contribution in [0.5, 0.6) is 0 Å². The average Bonchev–Trinajstić information content (AvgIpc) is 3.24. The SMILES string of the molecule is CC(=O)Cc1ncc(CN2CCCC(Cc3cc(C)nc4ccnn34)C2)s1. The van der Waals surface area contributed by atoms with E-state index in [0.29, 0.717) is 12.3 Å². The molecule has 0 aromatic carbocycles. The van der Waals surface area contributed by atoms with Crippen molar-refractivity contribution < 1.29 is 4.79 Å². The summed E-state index contributed by atoms with van der Waals surface area (Å²) in [5, 5.41) is 5.37. The number of carbonyl (C=O) groups is 1. The summed E-state index contributed by atoms with van der Waals surface area (Å²) < 4.78 is 1.98. The molecule has 0 spiro atoms. The number of Topliss-reactive ketones (excluding diaryl/α,β-unsaturated/α-hetero) is 1. The Kier molecular flexibility index (Phi) is 5.31. The highest BCUT2D eigenvalue weighted by Gasteiger charge is 2.22. The van der Waals surface area contributed by atoms with E-state index in [4.69, 9.17) is 0 Å². The third-order valence-corrected chi connectivity index (χ3v) is 6.03. The molecule has 4 rings (SSSR count). The topological polar surface area (TPSA) is 63.4 Å². The third kappa shape index (κ3) is 4.42. The number of carbonyl (C=O) groups excluding carboxylic acids is 1. The molecule has 27 heavy (non-hydrogen) atoms. The molecule has 4 heterocycles. The summed E-state index contributed by atoms with van der Waals surface area (Å²) in [5.74, 6) is 0.795. The van der Waals surface area contributed by atoms with E-state index in [0.717, 1.165) is 42.4 Å². The van der Waals surface area contributed by atoms with Crippen molar-refractivity contribution >= 4 is 22.8 Å². The first-order valence-electron chi connectivity index (χ1n) is 9.52. The second kappa shape index (κ2) is 7.86. The van der Waals surface area contributed by atoms with Gasteiger partial charge in [0.2, 0.25) is 0 Å². The van der Waals surface area contributed by atoms with E-state index in [1.165, 1.54) is 23.4 Å². The molecule has 142 valence electrons. The number of fused-ring (bicyclic) bond motifs is 1. The van der Waals surface area contributed by atoms with Crippen LogP contribution in [0.4, 0.5) is 0 Å². The molecule has 1 fully saturated rings. The number of piperidine rings is 1. The Labute approximate surface area is 163 Å². The smallest absolute Gasteiger partial charge is 0.155 e. The van der Waals surface area contributed by atoms with Crippen molar-refractivity contribution in [3.63, 3.8) is 0 Å². The van der Waals surface area contributed by atoms with E-state index in [2.05, 4.69) is 26.0 Å². The largest absolute Gasteiger partial charge is 0.300 e. The molecule has 1 unspecified atom stereocenters. The lowest BCUT2D eigenvalue weighted by molar-refractivity contribution is -0.116. The van der Waals surface area contributed by atoms with Crippen molar-refractivity contribution in [1.29, 1.82) is 0 Å². The summed E-state index contributed by atoms with van der Waals surface area (Å²) in [6.45, 7) is 6.81. The maximum Gasteiger partial charge on any atom is 0.155 e. The molecule has 0 N–H and O–H groups in total. The van der Waals surface area contributed by atoms with Crippen molar-refractivity contribution in [3.8, 4) is 0 Å². The van der Waals surface area contributed by atoms with Gasteiger partial charge in [0.25, 0.3) is 0 Å². The molecule has 0 amide bonds. The summed E-state index contributed by atoms with van der Waals surface area (Å²) in [7, 11) is 0. The van der Waals surface area contributed by atoms with E-state index in [1.54, 1.807) is 18.3 Å². The minimum atomic E-state index is 0.173. The molecule has 6 nitrogen and oxygen atoms in total. The number of aromatic nitrogens is 4. The molecule has 0 aliphatic carbocycles. The van der Waals surface area contributed by atoms with E-state index < -0.39 is 0 Å². The van der Waals surface area contributed by atoms with Crippen molar-refractivity contribution in [1.82, 2.24) is 24.5 Å². The molecule has 0 saturated carbocycles. The highest BCUT2D eigenvalue weighted by molar-refractivity contribution is 7.11. The Bertz CT molecular complexity index is 947. The summed E-state index contributed by atoms with van der Waals surface area (Å²) in [6, 6.07) is 4.13. The lowest BCUT2D eigenvalue weighted by Crippen LogP contribution is -2.35. The Morgan fingerprint density at radius 2 is 2.30 bits per heavy atom. The first kappa shape index (κ1) is 18.3. The summed E-state index contributed by atoms with van der Waals surface area (Å²) in [4.78, 5) is 24.0. The number of hydrogen-bond donors (Lipinski definition) is 0. The first-order chi connectivity index (χ1) is 13.1. The van der Waals surface area contributed by atoms with Crippen LogP contribution < -0.4 is 0 Å².